The van der Waals surface area contributed by atoms with Crippen LogP contribution in [0.3, 0.4) is 0 Å². The van der Waals surface area contributed by atoms with Crippen LogP contribution < -0.4 is 4.90 Å². The normalized spacial score (nSPS) is 22.0. The second-order valence-electron chi connectivity index (χ2n) is 8.41. The van der Waals surface area contributed by atoms with E-state index in [1.54, 1.807) is 12.4 Å². The maximum atomic E-state index is 6.05. The van der Waals surface area contributed by atoms with Crippen LogP contribution in [0, 0.1) is 11.8 Å². The fourth-order valence-electron chi connectivity index (χ4n) is 4.27. The second kappa shape index (κ2) is 13.0. The Morgan fingerprint density at radius 1 is 1.07 bits per heavy atom. The standard InChI is InChI=1S/C22H37ClN4OS/c1-2-15-29-27-12-8-20(9-13-27)18-28-14-4-6-19-5-3-10-26(11-7-19)22-24-16-21(23)17-25-22/h16-17,19-20H,2-15,18H2,1H3. The van der Waals surface area contributed by atoms with Crippen molar-refractivity contribution >= 4 is 29.5 Å². The average Bonchev–Trinajstić information content (AvgIpc) is 2.99. The van der Waals surface area contributed by atoms with E-state index in [4.69, 9.17) is 16.3 Å². The van der Waals surface area contributed by atoms with E-state index in [1.807, 2.05) is 11.9 Å². The van der Waals surface area contributed by atoms with Gasteiger partial charge in [0.2, 0.25) is 5.95 Å². The molecule has 29 heavy (non-hydrogen) atoms. The number of aromatic nitrogens is 2. The summed E-state index contributed by atoms with van der Waals surface area (Å²) in [5.74, 6) is 3.64. The van der Waals surface area contributed by atoms with Crippen LogP contribution in [-0.4, -0.2) is 59.4 Å². The summed E-state index contributed by atoms with van der Waals surface area (Å²) in [5, 5.41) is 0.599. The first-order valence-electron chi connectivity index (χ1n) is 11.4. The van der Waals surface area contributed by atoms with E-state index < -0.39 is 0 Å². The maximum Gasteiger partial charge on any atom is 0.225 e. The van der Waals surface area contributed by atoms with Crippen LogP contribution in [0.25, 0.3) is 0 Å². The van der Waals surface area contributed by atoms with Gasteiger partial charge < -0.3 is 9.64 Å². The molecule has 2 saturated heterocycles. The zero-order valence-electron chi connectivity index (χ0n) is 17.9. The van der Waals surface area contributed by atoms with Crippen molar-refractivity contribution in [2.45, 2.75) is 58.3 Å². The van der Waals surface area contributed by atoms with Crippen LogP contribution in [0.2, 0.25) is 5.02 Å². The molecular formula is C22H37ClN4OS. The van der Waals surface area contributed by atoms with E-state index >= 15 is 0 Å². The highest BCUT2D eigenvalue weighted by atomic mass is 35.5. The van der Waals surface area contributed by atoms with Gasteiger partial charge in [-0.05, 0) is 63.2 Å². The third-order valence-corrected chi connectivity index (χ3v) is 7.56. The van der Waals surface area contributed by atoms with Gasteiger partial charge in [-0.1, -0.05) is 30.5 Å². The predicted molar refractivity (Wildman–Crippen MR) is 124 cm³/mol. The van der Waals surface area contributed by atoms with Crippen molar-refractivity contribution in [1.29, 1.82) is 0 Å². The van der Waals surface area contributed by atoms with Gasteiger partial charge in [0, 0.05) is 45.1 Å². The molecule has 5 nitrogen and oxygen atoms in total. The third kappa shape index (κ3) is 8.23. The molecule has 0 spiro atoms. The lowest BCUT2D eigenvalue weighted by Gasteiger charge is -2.30. The molecule has 1 unspecified atom stereocenters. The lowest BCUT2D eigenvalue weighted by Crippen LogP contribution is -2.30. The van der Waals surface area contributed by atoms with Crippen LogP contribution in [-0.2, 0) is 4.74 Å². The molecule has 164 valence electrons. The number of ether oxygens (including phenoxy) is 1. The fourth-order valence-corrected chi connectivity index (χ4v) is 5.28. The molecule has 0 amide bonds. The largest absolute Gasteiger partial charge is 0.381 e. The second-order valence-corrected chi connectivity index (χ2v) is 10.0. The smallest absolute Gasteiger partial charge is 0.225 e. The minimum absolute atomic E-state index is 0.599. The molecule has 3 heterocycles. The van der Waals surface area contributed by atoms with Crippen molar-refractivity contribution < 1.29 is 4.74 Å². The van der Waals surface area contributed by atoms with Crippen molar-refractivity contribution in [3.05, 3.63) is 17.4 Å². The first kappa shape index (κ1) is 23.1. The van der Waals surface area contributed by atoms with E-state index in [0.717, 1.165) is 44.1 Å². The van der Waals surface area contributed by atoms with Crippen molar-refractivity contribution in [2.24, 2.45) is 11.8 Å². The zero-order valence-corrected chi connectivity index (χ0v) is 19.5. The number of rotatable bonds is 10. The minimum atomic E-state index is 0.599. The summed E-state index contributed by atoms with van der Waals surface area (Å²) in [6.07, 6.45) is 13.4. The number of piperidine rings is 1. The van der Waals surface area contributed by atoms with Crippen LogP contribution in [0.15, 0.2) is 12.4 Å². The Kier molecular flexibility index (Phi) is 10.3. The minimum Gasteiger partial charge on any atom is -0.381 e. The Labute approximate surface area is 186 Å². The molecule has 2 aliphatic heterocycles. The fraction of sp³-hybridized carbons (Fsp3) is 0.818. The average molecular weight is 441 g/mol. The van der Waals surface area contributed by atoms with E-state index in [0.29, 0.717) is 5.02 Å². The summed E-state index contributed by atoms with van der Waals surface area (Å²) in [4.78, 5) is 11.1. The third-order valence-electron chi connectivity index (χ3n) is 6.04. The Morgan fingerprint density at radius 3 is 2.59 bits per heavy atom. The molecule has 7 heteroatoms. The van der Waals surface area contributed by atoms with Gasteiger partial charge in [0.05, 0.1) is 17.4 Å². The van der Waals surface area contributed by atoms with Crippen molar-refractivity contribution in [2.75, 3.05) is 50.0 Å². The summed E-state index contributed by atoms with van der Waals surface area (Å²) >= 11 is 7.93. The van der Waals surface area contributed by atoms with Gasteiger partial charge in [-0.15, -0.1) is 0 Å². The molecule has 0 radical (unpaired) electrons. The highest BCUT2D eigenvalue weighted by Gasteiger charge is 2.20. The van der Waals surface area contributed by atoms with E-state index in [9.17, 15) is 0 Å². The summed E-state index contributed by atoms with van der Waals surface area (Å²) < 4.78 is 8.59. The predicted octanol–water partition coefficient (Wildman–Crippen LogP) is 5.30. The number of hydrogen-bond acceptors (Lipinski definition) is 6. The molecule has 2 aliphatic rings. The Balaban J connectivity index is 1.24. The number of nitrogens with zero attached hydrogens (tertiary/aromatic N) is 4. The van der Waals surface area contributed by atoms with Crippen LogP contribution in [0.1, 0.15) is 58.3 Å². The Morgan fingerprint density at radius 2 is 1.83 bits per heavy atom. The number of halogens is 1. The van der Waals surface area contributed by atoms with Crippen molar-refractivity contribution in [3.8, 4) is 0 Å². The maximum absolute atomic E-state index is 6.05. The summed E-state index contributed by atoms with van der Waals surface area (Å²) in [5.41, 5.74) is 0. The molecule has 0 bridgehead atoms. The highest BCUT2D eigenvalue weighted by Crippen LogP contribution is 2.25. The highest BCUT2D eigenvalue weighted by molar-refractivity contribution is 7.97. The van der Waals surface area contributed by atoms with Gasteiger partial charge >= 0.3 is 0 Å². The molecule has 0 N–H and O–H groups in total. The molecule has 0 aliphatic carbocycles. The molecule has 0 aromatic carbocycles. The Hall–Kier alpha value is -0.560. The van der Waals surface area contributed by atoms with E-state index in [2.05, 4.69) is 26.1 Å². The number of hydrogen-bond donors (Lipinski definition) is 0. The molecule has 2 fully saturated rings. The quantitative estimate of drug-likeness (QED) is 0.363. The van der Waals surface area contributed by atoms with Crippen LogP contribution in [0.4, 0.5) is 5.95 Å². The molecule has 3 rings (SSSR count). The molecule has 0 saturated carbocycles. The van der Waals surface area contributed by atoms with Gasteiger partial charge in [-0.3, -0.25) is 4.31 Å². The van der Waals surface area contributed by atoms with Crippen molar-refractivity contribution in [3.63, 3.8) is 0 Å². The van der Waals surface area contributed by atoms with Crippen LogP contribution in [0.5, 0.6) is 0 Å². The molecule has 1 atom stereocenters. The van der Waals surface area contributed by atoms with E-state index in [-0.39, 0.29) is 0 Å². The first-order valence-corrected chi connectivity index (χ1v) is 12.7. The molecule has 1 aromatic rings. The van der Waals surface area contributed by atoms with E-state index in [1.165, 1.54) is 70.2 Å². The van der Waals surface area contributed by atoms with Crippen molar-refractivity contribution in [1.82, 2.24) is 14.3 Å². The first-order chi connectivity index (χ1) is 14.2. The Bertz CT molecular complexity index is 568. The lowest BCUT2D eigenvalue weighted by atomic mass is 9.95. The molecular weight excluding hydrogens is 404 g/mol. The number of anilines is 1. The summed E-state index contributed by atoms with van der Waals surface area (Å²) in [6, 6.07) is 0. The topological polar surface area (TPSA) is 41.5 Å². The zero-order chi connectivity index (χ0) is 20.3. The monoisotopic (exact) mass is 440 g/mol. The van der Waals surface area contributed by atoms with Gasteiger partial charge in [-0.2, -0.15) is 0 Å². The SMILES string of the molecule is CCCSN1CCC(COCCCC2CCCN(c3ncc(Cl)cn3)CC2)CC1. The van der Waals surface area contributed by atoms with Gasteiger partial charge in [0.1, 0.15) is 0 Å². The van der Waals surface area contributed by atoms with Crippen LogP contribution >= 0.6 is 23.5 Å². The summed E-state index contributed by atoms with van der Waals surface area (Å²) in [6.45, 7) is 8.69. The summed E-state index contributed by atoms with van der Waals surface area (Å²) in [7, 11) is 0. The lowest BCUT2D eigenvalue weighted by molar-refractivity contribution is 0.0760. The van der Waals surface area contributed by atoms with Gasteiger partial charge in [0.25, 0.3) is 0 Å². The van der Waals surface area contributed by atoms with Gasteiger partial charge in [0.15, 0.2) is 0 Å². The van der Waals surface area contributed by atoms with Gasteiger partial charge in [-0.25, -0.2) is 9.97 Å². The molecule has 1 aromatic heterocycles.